The van der Waals surface area contributed by atoms with Crippen LogP contribution >= 0.6 is 15.9 Å². The lowest BCUT2D eigenvalue weighted by atomic mass is 10.2. The van der Waals surface area contributed by atoms with Crippen molar-refractivity contribution in [2.75, 3.05) is 39.0 Å². The highest BCUT2D eigenvalue weighted by Gasteiger charge is 2.19. The number of amides is 2. The molecular weight excluding hydrogens is 376 g/mol. The van der Waals surface area contributed by atoms with Gasteiger partial charge in [0.25, 0.3) is 5.91 Å². The van der Waals surface area contributed by atoms with Crippen molar-refractivity contribution in [3.63, 3.8) is 0 Å². The molecule has 0 unspecified atom stereocenters. The molecule has 0 aliphatic heterocycles. The minimum Gasteiger partial charge on any atom is -0.363 e. The third-order valence-corrected chi connectivity index (χ3v) is 3.71. The highest BCUT2D eigenvalue weighted by Crippen LogP contribution is 2.14. The molecule has 0 radical (unpaired) electrons. The summed E-state index contributed by atoms with van der Waals surface area (Å²) in [5, 5.41) is 6.22. The van der Waals surface area contributed by atoms with Gasteiger partial charge in [0, 0.05) is 29.2 Å². The van der Waals surface area contributed by atoms with Crippen molar-refractivity contribution < 1.29 is 14.1 Å². The maximum atomic E-state index is 12.7. The van der Waals surface area contributed by atoms with E-state index in [1.54, 1.807) is 18.2 Å². The van der Waals surface area contributed by atoms with Crippen molar-refractivity contribution in [3.8, 4) is 0 Å². The summed E-state index contributed by atoms with van der Waals surface area (Å²) in [5.74, 6) is -0.207. The van der Waals surface area contributed by atoms with Gasteiger partial charge in [-0.1, -0.05) is 27.2 Å². The molecule has 2 amide bonds. The number of carbonyl (C=O) groups is 2. The lowest BCUT2D eigenvalue weighted by Crippen LogP contribution is -2.41. The van der Waals surface area contributed by atoms with Crippen molar-refractivity contribution in [1.82, 2.24) is 15.0 Å². The Kier molecular flexibility index (Phi) is 6.51. The Morgan fingerprint density at radius 2 is 2.04 bits per heavy atom. The van der Waals surface area contributed by atoms with E-state index in [0.29, 0.717) is 24.5 Å². The van der Waals surface area contributed by atoms with E-state index in [1.807, 2.05) is 25.1 Å². The molecule has 0 aliphatic rings. The molecule has 0 aliphatic carbocycles. The van der Waals surface area contributed by atoms with Crippen LogP contribution in [-0.4, -0.2) is 60.5 Å². The van der Waals surface area contributed by atoms with Gasteiger partial charge in [-0.15, -0.1) is 0 Å². The van der Waals surface area contributed by atoms with E-state index in [0.717, 1.165) is 4.47 Å². The zero-order valence-corrected chi connectivity index (χ0v) is 15.1. The zero-order valence-electron chi connectivity index (χ0n) is 13.5. The predicted molar refractivity (Wildman–Crippen MR) is 93.7 cm³/mol. The zero-order chi connectivity index (χ0) is 17.5. The van der Waals surface area contributed by atoms with Crippen molar-refractivity contribution in [3.05, 3.63) is 46.6 Å². The Morgan fingerprint density at radius 3 is 2.67 bits per heavy atom. The normalized spacial score (nSPS) is 10.7. The first kappa shape index (κ1) is 18.2. The number of benzene rings is 1. The molecule has 2 aromatic rings. The maximum Gasteiger partial charge on any atom is 0.254 e. The number of likely N-dealkylation sites (N-methyl/N-ethyl adjacent to an activating group) is 1. The molecule has 8 heteroatoms. The van der Waals surface area contributed by atoms with Gasteiger partial charge >= 0.3 is 0 Å². The third-order valence-electron chi connectivity index (χ3n) is 3.22. The SMILES string of the molecule is CN(C)CCN(CC(=O)Nc1ccon1)C(=O)c1cccc(Br)c1. The fourth-order valence-corrected chi connectivity index (χ4v) is 2.41. The molecule has 1 aromatic carbocycles. The monoisotopic (exact) mass is 394 g/mol. The highest BCUT2D eigenvalue weighted by molar-refractivity contribution is 9.10. The Labute approximate surface area is 148 Å². The molecule has 0 saturated heterocycles. The second-order valence-corrected chi connectivity index (χ2v) is 6.39. The van der Waals surface area contributed by atoms with Crippen LogP contribution in [0.3, 0.4) is 0 Å². The van der Waals surface area contributed by atoms with Crippen LogP contribution in [0.1, 0.15) is 10.4 Å². The lowest BCUT2D eigenvalue weighted by Gasteiger charge is -2.24. The van der Waals surface area contributed by atoms with Crippen LogP contribution < -0.4 is 5.32 Å². The average molecular weight is 395 g/mol. The first-order valence-corrected chi connectivity index (χ1v) is 8.15. The van der Waals surface area contributed by atoms with Gasteiger partial charge < -0.3 is 19.6 Å². The molecule has 128 valence electrons. The number of rotatable bonds is 7. The maximum absolute atomic E-state index is 12.7. The van der Waals surface area contributed by atoms with Crippen LogP contribution in [0.2, 0.25) is 0 Å². The lowest BCUT2D eigenvalue weighted by molar-refractivity contribution is -0.117. The molecule has 1 aromatic heterocycles. The largest absolute Gasteiger partial charge is 0.363 e. The molecule has 0 bridgehead atoms. The molecular formula is C16H19BrN4O3. The van der Waals surface area contributed by atoms with Gasteiger partial charge in [0.2, 0.25) is 5.91 Å². The van der Waals surface area contributed by atoms with Crippen LogP contribution in [0.15, 0.2) is 45.6 Å². The Morgan fingerprint density at radius 1 is 1.25 bits per heavy atom. The minimum atomic E-state index is -0.328. The highest BCUT2D eigenvalue weighted by atomic mass is 79.9. The summed E-state index contributed by atoms with van der Waals surface area (Å²) in [6.07, 6.45) is 1.37. The van der Waals surface area contributed by atoms with Crippen molar-refractivity contribution in [2.45, 2.75) is 0 Å². The summed E-state index contributed by atoms with van der Waals surface area (Å²) in [7, 11) is 3.83. The summed E-state index contributed by atoms with van der Waals surface area (Å²) in [4.78, 5) is 28.3. The summed E-state index contributed by atoms with van der Waals surface area (Å²) in [6.45, 7) is 1.02. The van der Waals surface area contributed by atoms with Gasteiger partial charge in [-0.05, 0) is 32.3 Å². The van der Waals surface area contributed by atoms with E-state index in [9.17, 15) is 9.59 Å². The van der Waals surface area contributed by atoms with Crippen molar-refractivity contribution >= 4 is 33.6 Å². The standard InChI is InChI=1S/C16H19BrN4O3/c1-20(2)7-8-21(11-15(22)18-14-6-9-24-19-14)16(23)12-4-3-5-13(17)10-12/h3-6,9-10H,7-8,11H2,1-2H3,(H,18,19,22). The summed E-state index contributed by atoms with van der Waals surface area (Å²) < 4.78 is 5.49. The molecule has 0 spiro atoms. The van der Waals surface area contributed by atoms with E-state index in [2.05, 4.69) is 30.9 Å². The van der Waals surface area contributed by atoms with Gasteiger partial charge in [0.15, 0.2) is 5.82 Å². The Hall–Kier alpha value is -2.19. The summed E-state index contributed by atoms with van der Waals surface area (Å²) in [5.41, 5.74) is 0.525. The van der Waals surface area contributed by atoms with Crippen LogP contribution in [0.25, 0.3) is 0 Å². The molecule has 1 N–H and O–H groups in total. The third kappa shape index (κ3) is 5.47. The van der Waals surface area contributed by atoms with E-state index in [-0.39, 0.29) is 18.4 Å². The van der Waals surface area contributed by atoms with Gasteiger partial charge in [-0.25, -0.2) is 0 Å². The number of aromatic nitrogens is 1. The first-order chi connectivity index (χ1) is 11.5. The Bertz CT molecular complexity index is 688. The van der Waals surface area contributed by atoms with Crippen LogP contribution in [-0.2, 0) is 4.79 Å². The number of nitrogens with zero attached hydrogens (tertiary/aromatic N) is 3. The van der Waals surface area contributed by atoms with E-state index in [4.69, 9.17) is 0 Å². The summed E-state index contributed by atoms with van der Waals surface area (Å²) >= 11 is 3.36. The number of hydrogen-bond acceptors (Lipinski definition) is 5. The average Bonchev–Trinajstić information content (AvgIpc) is 3.03. The minimum absolute atomic E-state index is 0.0634. The van der Waals surface area contributed by atoms with Gasteiger partial charge in [-0.2, -0.15) is 0 Å². The van der Waals surface area contributed by atoms with Crippen molar-refractivity contribution in [2.24, 2.45) is 0 Å². The molecule has 7 nitrogen and oxygen atoms in total. The van der Waals surface area contributed by atoms with Crippen LogP contribution in [0.4, 0.5) is 5.82 Å². The number of carbonyl (C=O) groups excluding carboxylic acids is 2. The predicted octanol–water partition coefficient (Wildman–Crippen LogP) is 2.08. The Balaban J connectivity index is 2.08. The summed E-state index contributed by atoms with van der Waals surface area (Å²) in [6, 6.07) is 8.64. The molecule has 0 fully saturated rings. The molecule has 24 heavy (non-hydrogen) atoms. The quantitative estimate of drug-likeness (QED) is 0.777. The molecule has 1 heterocycles. The number of nitrogens with one attached hydrogen (secondary N) is 1. The van der Waals surface area contributed by atoms with Gasteiger partial charge in [-0.3, -0.25) is 9.59 Å². The number of hydrogen-bond donors (Lipinski definition) is 1. The second kappa shape index (κ2) is 8.60. The topological polar surface area (TPSA) is 78.7 Å². The van der Waals surface area contributed by atoms with Crippen molar-refractivity contribution in [1.29, 1.82) is 0 Å². The van der Waals surface area contributed by atoms with E-state index >= 15 is 0 Å². The molecule has 0 atom stereocenters. The number of halogens is 1. The second-order valence-electron chi connectivity index (χ2n) is 5.47. The number of anilines is 1. The van der Waals surface area contributed by atoms with E-state index < -0.39 is 0 Å². The van der Waals surface area contributed by atoms with E-state index in [1.165, 1.54) is 17.2 Å². The molecule has 2 rings (SSSR count). The fourth-order valence-electron chi connectivity index (χ4n) is 2.01. The van der Waals surface area contributed by atoms with Gasteiger partial charge in [0.1, 0.15) is 12.8 Å². The molecule has 0 saturated carbocycles. The van der Waals surface area contributed by atoms with Crippen LogP contribution in [0.5, 0.6) is 0 Å². The van der Waals surface area contributed by atoms with Crippen LogP contribution in [0, 0.1) is 0 Å². The van der Waals surface area contributed by atoms with Gasteiger partial charge in [0.05, 0.1) is 0 Å². The first-order valence-electron chi connectivity index (χ1n) is 7.35. The fraction of sp³-hybridized carbons (Fsp3) is 0.312. The smallest absolute Gasteiger partial charge is 0.254 e.